The van der Waals surface area contributed by atoms with Gasteiger partial charge in [-0.25, -0.2) is 4.39 Å². The molecule has 2 aliphatic heterocycles. The minimum atomic E-state index is -0.201. The van der Waals surface area contributed by atoms with Crippen LogP contribution in [0.1, 0.15) is 12.8 Å². The number of rotatable bonds is 3. The van der Waals surface area contributed by atoms with Crippen molar-refractivity contribution in [2.75, 3.05) is 44.2 Å². The molecule has 2 fully saturated rings. The summed E-state index contributed by atoms with van der Waals surface area (Å²) in [7, 11) is 0. The molecule has 1 aromatic rings. The molecule has 0 bridgehead atoms. The van der Waals surface area contributed by atoms with Crippen molar-refractivity contribution in [3.05, 3.63) is 30.1 Å². The van der Waals surface area contributed by atoms with E-state index in [1.807, 2.05) is 12.1 Å². The fourth-order valence-electron chi connectivity index (χ4n) is 2.93. The monoisotopic (exact) mass is 306 g/mol. The Balaban J connectivity index is 1.50. The molecule has 3 rings (SSSR count). The smallest absolute Gasteiger partial charge is 0.191 e. The van der Waals surface area contributed by atoms with Gasteiger partial charge in [0.1, 0.15) is 5.82 Å². The van der Waals surface area contributed by atoms with Crippen LogP contribution in [0.15, 0.2) is 29.3 Å². The molecule has 2 heterocycles. The first kappa shape index (κ1) is 15.1. The fourth-order valence-corrected chi connectivity index (χ4v) is 2.93. The van der Waals surface area contributed by atoms with Crippen molar-refractivity contribution < 1.29 is 9.13 Å². The Labute approximate surface area is 130 Å². The largest absolute Gasteiger partial charge is 0.376 e. The molecule has 0 aliphatic carbocycles. The third kappa shape index (κ3) is 3.68. The van der Waals surface area contributed by atoms with E-state index < -0.39 is 0 Å². The number of nitrogens with zero attached hydrogens (tertiary/aromatic N) is 3. The van der Waals surface area contributed by atoms with Gasteiger partial charge in [-0.1, -0.05) is 0 Å². The Morgan fingerprint density at radius 2 is 1.95 bits per heavy atom. The highest BCUT2D eigenvalue weighted by Crippen LogP contribution is 2.17. The Kier molecular flexibility index (Phi) is 4.77. The molecule has 0 saturated carbocycles. The minimum Gasteiger partial charge on any atom is -0.376 e. The number of nitrogens with two attached hydrogens (primary N) is 1. The van der Waals surface area contributed by atoms with Gasteiger partial charge in [0.15, 0.2) is 5.96 Å². The quantitative estimate of drug-likeness (QED) is 0.678. The second-order valence-corrected chi connectivity index (χ2v) is 5.78. The van der Waals surface area contributed by atoms with Crippen LogP contribution < -0.4 is 10.6 Å². The lowest BCUT2D eigenvalue weighted by atomic mass is 10.2. The summed E-state index contributed by atoms with van der Waals surface area (Å²) < 4.78 is 18.5. The highest BCUT2D eigenvalue weighted by atomic mass is 19.1. The molecule has 0 radical (unpaired) electrons. The molecule has 0 amide bonds. The number of hydrogen-bond acceptors (Lipinski definition) is 3. The van der Waals surface area contributed by atoms with Crippen LogP contribution in [0.5, 0.6) is 0 Å². The predicted octanol–water partition coefficient (Wildman–Crippen LogP) is 1.44. The van der Waals surface area contributed by atoms with E-state index in [0.29, 0.717) is 12.5 Å². The Morgan fingerprint density at radius 1 is 1.23 bits per heavy atom. The third-order valence-corrected chi connectivity index (χ3v) is 4.28. The number of benzene rings is 1. The molecular formula is C16H23FN4O. The van der Waals surface area contributed by atoms with Crippen LogP contribution in [0.4, 0.5) is 10.1 Å². The third-order valence-electron chi connectivity index (χ3n) is 4.28. The molecular weight excluding hydrogens is 283 g/mol. The van der Waals surface area contributed by atoms with Crippen molar-refractivity contribution in [1.29, 1.82) is 0 Å². The van der Waals surface area contributed by atoms with E-state index in [1.165, 1.54) is 12.1 Å². The van der Waals surface area contributed by atoms with Crippen LogP contribution in [-0.4, -0.2) is 56.3 Å². The summed E-state index contributed by atoms with van der Waals surface area (Å²) in [6.45, 7) is 4.89. The molecule has 5 nitrogen and oxygen atoms in total. The number of anilines is 1. The van der Waals surface area contributed by atoms with Crippen LogP contribution in [0.2, 0.25) is 0 Å². The van der Waals surface area contributed by atoms with E-state index in [0.717, 1.165) is 51.3 Å². The number of piperazine rings is 1. The lowest BCUT2D eigenvalue weighted by Gasteiger charge is -2.36. The van der Waals surface area contributed by atoms with E-state index in [1.54, 1.807) is 0 Å². The van der Waals surface area contributed by atoms with Crippen molar-refractivity contribution >= 4 is 11.6 Å². The zero-order valence-electron chi connectivity index (χ0n) is 12.7. The van der Waals surface area contributed by atoms with Crippen LogP contribution >= 0.6 is 0 Å². The van der Waals surface area contributed by atoms with Gasteiger partial charge in [0.25, 0.3) is 0 Å². The standard InChI is InChI=1S/C16H23FN4O/c17-13-3-5-14(6-4-13)20-7-9-21(10-8-20)16(18)19-12-15-2-1-11-22-15/h3-6,15H,1-2,7-12H2,(H2,18,19)/t15-/m1/s1. The summed E-state index contributed by atoms with van der Waals surface area (Å²) in [5.41, 5.74) is 7.13. The molecule has 2 aliphatic rings. The number of aliphatic imine (C=N–C) groups is 1. The van der Waals surface area contributed by atoms with Gasteiger partial charge in [0, 0.05) is 38.5 Å². The summed E-state index contributed by atoms with van der Waals surface area (Å²) in [6, 6.07) is 6.64. The topological polar surface area (TPSA) is 54.1 Å². The second-order valence-electron chi connectivity index (χ2n) is 5.78. The molecule has 120 valence electrons. The van der Waals surface area contributed by atoms with E-state index in [-0.39, 0.29) is 11.9 Å². The summed E-state index contributed by atoms with van der Waals surface area (Å²) in [6.07, 6.45) is 2.44. The van der Waals surface area contributed by atoms with E-state index in [4.69, 9.17) is 10.5 Å². The Hall–Kier alpha value is -1.82. The Morgan fingerprint density at radius 3 is 2.59 bits per heavy atom. The maximum Gasteiger partial charge on any atom is 0.191 e. The van der Waals surface area contributed by atoms with Crippen molar-refractivity contribution in [1.82, 2.24) is 4.90 Å². The highest BCUT2D eigenvalue weighted by Gasteiger charge is 2.20. The summed E-state index contributed by atoms with van der Waals surface area (Å²) >= 11 is 0. The molecule has 22 heavy (non-hydrogen) atoms. The van der Waals surface area contributed by atoms with Gasteiger partial charge >= 0.3 is 0 Å². The fraction of sp³-hybridized carbons (Fsp3) is 0.562. The Bertz CT molecular complexity index is 505. The number of ether oxygens (including phenoxy) is 1. The van der Waals surface area contributed by atoms with E-state index >= 15 is 0 Å². The average molecular weight is 306 g/mol. The average Bonchev–Trinajstić information content (AvgIpc) is 3.07. The van der Waals surface area contributed by atoms with Gasteiger partial charge in [0.2, 0.25) is 0 Å². The van der Waals surface area contributed by atoms with Crippen molar-refractivity contribution in [2.24, 2.45) is 10.7 Å². The zero-order valence-corrected chi connectivity index (χ0v) is 12.7. The second kappa shape index (κ2) is 6.96. The van der Waals surface area contributed by atoms with Gasteiger partial charge in [-0.15, -0.1) is 0 Å². The van der Waals surface area contributed by atoms with Crippen LogP contribution in [0.3, 0.4) is 0 Å². The van der Waals surface area contributed by atoms with Crippen LogP contribution in [-0.2, 0) is 4.74 Å². The molecule has 6 heteroatoms. The normalized spacial score (nSPS) is 23.1. The maximum absolute atomic E-state index is 13.0. The van der Waals surface area contributed by atoms with Gasteiger partial charge in [-0.05, 0) is 37.1 Å². The van der Waals surface area contributed by atoms with Crippen molar-refractivity contribution in [3.63, 3.8) is 0 Å². The lowest BCUT2D eigenvalue weighted by molar-refractivity contribution is 0.117. The maximum atomic E-state index is 13.0. The summed E-state index contributed by atoms with van der Waals surface area (Å²) in [5, 5.41) is 0. The van der Waals surface area contributed by atoms with Gasteiger partial charge in [-0.2, -0.15) is 0 Å². The molecule has 0 aromatic heterocycles. The van der Waals surface area contributed by atoms with Crippen LogP contribution in [0, 0.1) is 5.82 Å². The molecule has 2 saturated heterocycles. The SMILES string of the molecule is NC(=NC[C@H]1CCCO1)N1CCN(c2ccc(F)cc2)CC1. The molecule has 2 N–H and O–H groups in total. The zero-order chi connectivity index (χ0) is 15.4. The van der Waals surface area contributed by atoms with Gasteiger partial charge < -0.3 is 20.3 Å². The minimum absolute atomic E-state index is 0.201. The molecule has 0 spiro atoms. The van der Waals surface area contributed by atoms with Gasteiger partial charge in [-0.3, -0.25) is 4.99 Å². The molecule has 1 aromatic carbocycles. The highest BCUT2D eigenvalue weighted by molar-refractivity contribution is 5.78. The molecule has 0 unspecified atom stereocenters. The van der Waals surface area contributed by atoms with Crippen molar-refractivity contribution in [3.8, 4) is 0 Å². The first-order valence-electron chi connectivity index (χ1n) is 7.89. The van der Waals surface area contributed by atoms with Crippen LogP contribution in [0.25, 0.3) is 0 Å². The first-order chi connectivity index (χ1) is 10.7. The number of guanidine groups is 1. The summed E-state index contributed by atoms with van der Waals surface area (Å²) in [5.74, 6) is 0.405. The first-order valence-corrected chi connectivity index (χ1v) is 7.89. The van der Waals surface area contributed by atoms with Gasteiger partial charge in [0.05, 0.1) is 12.6 Å². The number of hydrogen-bond donors (Lipinski definition) is 1. The van der Waals surface area contributed by atoms with E-state index in [2.05, 4.69) is 14.8 Å². The molecule has 1 atom stereocenters. The summed E-state index contributed by atoms with van der Waals surface area (Å²) in [4.78, 5) is 8.81. The lowest BCUT2D eigenvalue weighted by Crippen LogP contribution is -2.51. The van der Waals surface area contributed by atoms with Crippen molar-refractivity contribution in [2.45, 2.75) is 18.9 Å². The predicted molar refractivity (Wildman–Crippen MR) is 85.6 cm³/mol. The van der Waals surface area contributed by atoms with E-state index in [9.17, 15) is 4.39 Å². The number of halogens is 1.